The Bertz CT molecular complexity index is 793. The molecule has 1 aromatic heterocycles. The molecular weight excluding hydrogens is 346 g/mol. The molecule has 3 amide bonds. The first-order chi connectivity index (χ1) is 13.0. The van der Waals surface area contributed by atoms with Crippen LogP contribution in [0.5, 0.6) is 0 Å². The molecule has 1 aliphatic heterocycles. The molecule has 2 aromatic rings. The summed E-state index contributed by atoms with van der Waals surface area (Å²) >= 11 is 0. The fourth-order valence-corrected chi connectivity index (χ4v) is 3.01. The summed E-state index contributed by atoms with van der Waals surface area (Å²) in [6, 6.07) is 7.17. The Morgan fingerprint density at radius 3 is 2.30 bits per heavy atom. The highest BCUT2D eigenvalue weighted by atomic mass is 16.2. The van der Waals surface area contributed by atoms with Gasteiger partial charge in [-0.15, -0.1) is 0 Å². The van der Waals surface area contributed by atoms with Crippen LogP contribution < -0.4 is 5.32 Å². The van der Waals surface area contributed by atoms with Gasteiger partial charge in [-0.25, -0.2) is 4.98 Å². The van der Waals surface area contributed by atoms with Gasteiger partial charge in [-0.1, -0.05) is 0 Å². The van der Waals surface area contributed by atoms with Crippen molar-refractivity contribution in [2.45, 2.75) is 13.3 Å². The molecule has 1 saturated heterocycles. The first-order valence-corrected chi connectivity index (χ1v) is 8.94. The van der Waals surface area contributed by atoms with Gasteiger partial charge in [0.15, 0.2) is 0 Å². The summed E-state index contributed by atoms with van der Waals surface area (Å²) in [5.74, 6) is -0.177. The second-order valence-electron chi connectivity index (χ2n) is 6.41. The first-order valence-electron chi connectivity index (χ1n) is 8.94. The van der Waals surface area contributed by atoms with Gasteiger partial charge in [0.05, 0.1) is 6.33 Å². The van der Waals surface area contributed by atoms with Gasteiger partial charge in [0, 0.05) is 69.7 Å². The van der Waals surface area contributed by atoms with Crippen LogP contribution in [-0.4, -0.2) is 69.8 Å². The Balaban J connectivity index is 1.43. The Morgan fingerprint density at radius 2 is 1.70 bits per heavy atom. The van der Waals surface area contributed by atoms with E-state index in [1.807, 2.05) is 22.9 Å². The van der Waals surface area contributed by atoms with Gasteiger partial charge in [-0.3, -0.25) is 14.4 Å². The van der Waals surface area contributed by atoms with Crippen molar-refractivity contribution >= 4 is 17.7 Å². The minimum absolute atomic E-state index is 0.00559. The number of amides is 3. The fourth-order valence-electron chi connectivity index (χ4n) is 3.01. The average molecular weight is 369 g/mol. The smallest absolute Gasteiger partial charge is 0.251 e. The normalized spacial score (nSPS) is 14.1. The number of carbonyl (C=O) groups excluding carboxylic acids is 3. The van der Waals surface area contributed by atoms with E-state index in [4.69, 9.17) is 0 Å². The lowest BCUT2D eigenvalue weighted by atomic mass is 10.2. The molecule has 0 atom stereocenters. The van der Waals surface area contributed by atoms with Crippen molar-refractivity contribution in [3.8, 4) is 5.69 Å². The molecule has 142 valence electrons. The molecule has 2 heterocycles. The number of nitrogens with zero attached hydrogens (tertiary/aromatic N) is 4. The molecule has 8 heteroatoms. The predicted molar refractivity (Wildman–Crippen MR) is 99.3 cm³/mol. The van der Waals surface area contributed by atoms with Crippen LogP contribution in [0.25, 0.3) is 5.69 Å². The molecule has 0 saturated carbocycles. The fraction of sp³-hybridized carbons (Fsp3) is 0.368. The number of hydrogen-bond donors (Lipinski definition) is 1. The predicted octanol–water partition coefficient (Wildman–Crippen LogP) is 0.683. The summed E-state index contributed by atoms with van der Waals surface area (Å²) in [6.07, 6.45) is 5.46. The molecule has 0 radical (unpaired) electrons. The summed E-state index contributed by atoms with van der Waals surface area (Å²) in [7, 11) is 0. The second-order valence-corrected chi connectivity index (χ2v) is 6.41. The largest absolute Gasteiger partial charge is 0.352 e. The van der Waals surface area contributed by atoms with Crippen molar-refractivity contribution in [3.05, 3.63) is 48.5 Å². The number of rotatable bonds is 5. The van der Waals surface area contributed by atoms with Crippen molar-refractivity contribution in [1.82, 2.24) is 24.7 Å². The van der Waals surface area contributed by atoms with E-state index in [-0.39, 0.29) is 30.7 Å². The van der Waals surface area contributed by atoms with Gasteiger partial charge in [-0.05, 0) is 24.3 Å². The molecule has 0 bridgehead atoms. The van der Waals surface area contributed by atoms with Crippen LogP contribution in [0.3, 0.4) is 0 Å². The SMILES string of the molecule is CC(=O)N1CCN(C(=O)CCNC(=O)c2ccc(-n3ccnc3)cc2)CC1. The minimum Gasteiger partial charge on any atom is -0.352 e. The van der Waals surface area contributed by atoms with Gasteiger partial charge >= 0.3 is 0 Å². The Labute approximate surface area is 157 Å². The van der Waals surface area contributed by atoms with Crippen LogP contribution in [0.4, 0.5) is 0 Å². The summed E-state index contributed by atoms with van der Waals surface area (Å²) in [4.78, 5) is 43.2. The zero-order valence-electron chi connectivity index (χ0n) is 15.3. The molecule has 1 fully saturated rings. The van der Waals surface area contributed by atoms with Gasteiger partial charge < -0.3 is 19.7 Å². The average Bonchev–Trinajstić information content (AvgIpc) is 3.23. The molecule has 1 aliphatic rings. The monoisotopic (exact) mass is 369 g/mol. The van der Waals surface area contributed by atoms with Gasteiger partial charge in [0.1, 0.15) is 0 Å². The summed E-state index contributed by atoms with van der Waals surface area (Å²) in [5.41, 5.74) is 1.46. The standard InChI is InChI=1S/C19H23N5O3/c1-15(25)22-10-12-23(13-11-22)18(26)6-7-21-19(27)16-2-4-17(5-3-16)24-9-8-20-14-24/h2-5,8-9,14H,6-7,10-13H2,1H3,(H,21,27). The molecule has 0 aliphatic carbocycles. The van der Waals surface area contributed by atoms with E-state index in [9.17, 15) is 14.4 Å². The van der Waals surface area contributed by atoms with Gasteiger partial charge in [0.25, 0.3) is 5.91 Å². The molecule has 0 spiro atoms. The third-order valence-corrected chi connectivity index (χ3v) is 4.63. The van der Waals surface area contributed by atoms with Gasteiger partial charge in [0.2, 0.25) is 11.8 Å². The van der Waals surface area contributed by atoms with Crippen molar-refractivity contribution in [1.29, 1.82) is 0 Å². The summed E-state index contributed by atoms with van der Waals surface area (Å²) in [5, 5.41) is 2.78. The summed E-state index contributed by atoms with van der Waals surface area (Å²) in [6.45, 7) is 4.04. The van der Waals surface area contributed by atoms with Crippen molar-refractivity contribution in [2.24, 2.45) is 0 Å². The maximum Gasteiger partial charge on any atom is 0.251 e. The second kappa shape index (κ2) is 8.48. The lowest BCUT2D eigenvalue weighted by Gasteiger charge is -2.34. The lowest BCUT2D eigenvalue weighted by Crippen LogP contribution is -2.50. The van der Waals surface area contributed by atoms with Crippen LogP contribution >= 0.6 is 0 Å². The quantitative estimate of drug-likeness (QED) is 0.840. The zero-order valence-corrected chi connectivity index (χ0v) is 15.3. The minimum atomic E-state index is -0.207. The van der Waals surface area contributed by atoms with Crippen molar-refractivity contribution in [2.75, 3.05) is 32.7 Å². The van der Waals surface area contributed by atoms with Crippen LogP contribution in [0.15, 0.2) is 43.0 Å². The number of nitrogens with one attached hydrogen (secondary N) is 1. The van der Waals surface area contributed by atoms with Crippen LogP contribution in [0.1, 0.15) is 23.7 Å². The van der Waals surface area contributed by atoms with E-state index >= 15 is 0 Å². The number of piperazine rings is 1. The number of hydrogen-bond acceptors (Lipinski definition) is 4. The Hall–Kier alpha value is -3.16. The third-order valence-electron chi connectivity index (χ3n) is 4.63. The molecule has 1 aromatic carbocycles. The van der Waals surface area contributed by atoms with E-state index in [1.165, 1.54) is 6.92 Å². The number of aromatic nitrogens is 2. The van der Waals surface area contributed by atoms with E-state index < -0.39 is 0 Å². The molecule has 27 heavy (non-hydrogen) atoms. The number of benzene rings is 1. The van der Waals surface area contributed by atoms with E-state index in [1.54, 1.807) is 34.5 Å². The lowest BCUT2D eigenvalue weighted by molar-refractivity contribution is -0.138. The highest BCUT2D eigenvalue weighted by molar-refractivity contribution is 5.94. The van der Waals surface area contributed by atoms with Crippen LogP contribution in [0.2, 0.25) is 0 Å². The number of imidazole rings is 1. The van der Waals surface area contributed by atoms with E-state index in [2.05, 4.69) is 10.3 Å². The van der Waals surface area contributed by atoms with Gasteiger partial charge in [-0.2, -0.15) is 0 Å². The molecule has 0 unspecified atom stereocenters. The molecule has 3 rings (SSSR count). The zero-order chi connectivity index (χ0) is 19.2. The Morgan fingerprint density at radius 1 is 1.04 bits per heavy atom. The number of carbonyl (C=O) groups is 3. The maximum atomic E-state index is 12.2. The molecule has 8 nitrogen and oxygen atoms in total. The molecular formula is C19H23N5O3. The van der Waals surface area contributed by atoms with Crippen molar-refractivity contribution < 1.29 is 14.4 Å². The van der Waals surface area contributed by atoms with Crippen molar-refractivity contribution in [3.63, 3.8) is 0 Å². The third kappa shape index (κ3) is 4.72. The van der Waals surface area contributed by atoms with E-state index in [0.29, 0.717) is 31.7 Å². The highest BCUT2D eigenvalue weighted by Crippen LogP contribution is 2.09. The van der Waals surface area contributed by atoms with Crippen LogP contribution in [-0.2, 0) is 9.59 Å². The van der Waals surface area contributed by atoms with Crippen LogP contribution in [0, 0.1) is 0 Å². The van der Waals surface area contributed by atoms with E-state index in [0.717, 1.165) is 5.69 Å². The topological polar surface area (TPSA) is 87.5 Å². The Kier molecular flexibility index (Phi) is 5.85. The maximum absolute atomic E-state index is 12.2. The molecule has 1 N–H and O–H groups in total. The highest BCUT2D eigenvalue weighted by Gasteiger charge is 2.22. The summed E-state index contributed by atoms with van der Waals surface area (Å²) < 4.78 is 1.85. The first kappa shape index (κ1) is 18.6.